The summed E-state index contributed by atoms with van der Waals surface area (Å²) >= 11 is 1.68. The van der Waals surface area contributed by atoms with E-state index in [1.807, 2.05) is 13.8 Å². The molecule has 0 aliphatic heterocycles. The lowest BCUT2D eigenvalue weighted by Gasteiger charge is -2.47. The van der Waals surface area contributed by atoms with Gasteiger partial charge < -0.3 is 18.1 Å². The van der Waals surface area contributed by atoms with Gasteiger partial charge in [-0.1, -0.05) is 108 Å². The topological polar surface area (TPSA) is 74.7 Å². The average Bonchev–Trinajstić information content (AvgIpc) is 3.46. The predicted octanol–water partition coefficient (Wildman–Crippen LogP) is 14.8. The van der Waals surface area contributed by atoms with Crippen LogP contribution in [0.1, 0.15) is 160 Å². The van der Waals surface area contributed by atoms with Crippen LogP contribution in [0.25, 0.3) is 6.08 Å². The van der Waals surface area contributed by atoms with E-state index in [0.29, 0.717) is 0 Å². The quantitative estimate of drug-likeness (QED) is 0.0620. The van der Waals surface area contributed by atoms with E-state index in [-0.39, 0.29) is 51.4 Å². The number of nitrogens with zero attached hydrogens (tertiary/aromatic N) is 1. The number of hydrogen-bond acceptors (Lipinski definition) is 7. The molecule has 0 aliphatic rings. The lowest BCUT2D eigenvalue weighted by Crippen LogP contribution is -2.54. The van der Waals surface area contributed by atoms with Crippen molar-refractivity contribution in [3.8, 4) is 0 Å². The number of rotatable bonds is 23. The van der Waals surface area contributed by atoms with Crippen LogP contribution in [0.15, 0.2) is 22.6 Å². The SMILES string of the molecule is CCC[C@@H](C(=O)C(C)(C)[C@H](CC=O)O[Si](C)(C)C(C)(C)C)[C@@H](O[Si](C)(C)C(C)(C)C)[C@@H](C)CCCC(C)=CC[C@H](O[Si](C)(C)C(C)(C)C)/C(C)=C/c1csc(C)n1. The number of thiazole rings is 1. The van der Waals surface area contributed by atoms with Crippen LogP contribution in [0.4, 0.5) is 0 Å². The minimum absolute atomic E-state index is 0.000950. The zero-order chi connectivity index (χ0) is 44.6. The first-order valence-corrected chi connectivity index (χ1v) is 31.5. The Kier molecular flexibility index (Phi) is 20.1. The van der Waals surface area contributed by atoms with Crippen LogP contribution in [0.5, 0.6) is 0 Å². The van der Waals surface area contributed by atoms with E-state index in [9.17, 15) is 4.79 Å². The first-order valence-electron chi connectivity index (χ1n) is 21.9. The summed E-state index contributed by atoms with van der Waals surface area (Å²) in [7, 11) is -6.54. The van der Waals surface area contributed by atoms with Crippen LogP contribution < -0.4 is 0 Å². The summed E-state index contributed by atoms with van der Waals surface area (Å²) in [6.45, 7) is 49.0. The molecule has 10 heteroatoms. The van der Waals surface area contributed by atoms with Crippen molar-refractivity contribution in [2.75, 3.05) is 0 Å². The molecule has 0 unspecified atom stereocenters. The number of carbonyl (C=O) groups excluding carboxylic acids is 2. The number of aldehydes is 1. The van der Waals surface area contributed by atoms with Crippen molar-refractivity contribution < 1.29 is 22.9 Å². The summed E-state index contributed by atoms with van der Waals surface area (Å²) in [6, 6.07) is 0. The highest BCUT2D eigenvalue weighted by Crippen LogP contribution is 2.45. The van der Waals surface area contributed by atoms with Crippen LogP contribution in [-0.2, 0) is 22.9 Å². The van der Waals surface area contributed by atoms with Gasteiger partial charge in [0.1, 0.15) is 12.1 Å². The standard InChI is InChI=1S/C47H89NO5SSi3/c1-23-25-39(43(50)47(15,16)41(30-31-49)52-56(19,20)45(9,10)11)42(53-57(21,22)46(12,13)14)35(3)27-24-26-34(2)28-29-40(51-55(17,18)44(6,7)8)36(4)32-38-33-54-37(5)48-38/h28,31-33,35,39-42H,23-27,29-30H2,1-22H3/b34-28?,36-32+/t35-,39+,40-,41-,42-/m0/s1. The molecule has 1 heterocycles. The molecule has 1 rings (SSSR count). The van der Waals surface area contributed by atoms with E-state index < -0.39 is 36.5 Å². The zero-order valence-electron chi connectivity index (χ0n) is 41.0. The van der Waals surface area contributed by atoms with Crippen LogP contribution in [0.3, 0.4) is 0 Å². The number of ketones is 1. The second-order valence-electron chi connectivity index (χ2n) is 22.3. The Morgan fingerprint density at radius 2 is 1.32 bits per heavy atom. The summed E-state index contributed by atoms with van der Waals surface area (Å²) < 4.78 is 21.3. The van der Waals surface area contributed by atoms with E-state index in [1.165, 1.54) is 11.1 Å². The van der Waals surface area contributed by atoms with Gasteiger partial charge >= 0.3 is 0 Å². The average molecular weight is 865 g/mol. The fraction of sp³-hybridized carbons (Fsp3) is 0.809. The Hall–Kier alpha value is -1.02. The molecule has 0 saturated carbocycles. The van der Waals surface area contributed by atoms with Crippen molar-refractivity contribution in [3.05, 3.63) is 33.3 Å². The maximum Gasteiger partial charge on any atom is 0.192 e. The maximum atomic E-state index is 15.1. The van der Waals surface area contributed by atoms with Gasteiger partial charge in [0.15, 0.2) is 25.0 Å². The molecule has 1 aromatic rings. The number of aryl methyl sites for hydroxylation is 1. The Morgan fingerprint density at radius 1 is 0.807 bits per heavy atom. The largest absolute Gasteiger partial charge is 0.413 e. The molecule has 0 fully saturated rings. The Labute approximate surface area is 359 Å². The number of carbonyl (C=O) groups is 2. The van der Waals surface area contributed by atoms with Crippen molar-refractivity contribution in [2.45, 2.75) is 228 Å². The first-order chi connectivity index (χ1) is 25.6. The Morgan fingerprint density at radius 3 is 1.77 bits per heavy atom. The molecule has 57 heavy (non-hydrogen) atoms. The third-order valence-corrected chi connectivity index (χ3v) is 28.0. The summed E-state index contributed by atoms with van der Waals surface area (Å²) in [5.41, 5.74) is 2.74. The monoisotopic (exact) mass is 864 g/mol. The maximum absolute atomic E-state index is 15.1. The predicted molar refractivity (Wildman–Crippen MR) is 256 cm³/mol. The van der Waals surface area contributed by atoms with Crippen molar-refractivity contribution in [1.29, 1.82) is 0 Å². The van der Waals surface area contributed by atoms with Crippen molar-refractivity contribution in [3.63, 3.8) is 0 Å². The molecular weight excluding hydrogens is 775 g/mol. The highest BCUT2D eigenvalue weighted by atomic mass is 32.1. The molecule has 0 bridgehead atoms. The minimum atomic E-state index is -2.27. The summed E-state index contributed by atoms with van der Waals surface area (Å²) in [4.78, 5) is 31.9. The minimum Gasteiger partial charge on any atom is -0.413 e. The van der Waals surface area contributed by atoms with Crippen molar-refractivity contribution in [2.24, 2.45) is 17.3 Å². The van der Waals surface area contributed by atoms with Crippen molar-refractivity contribution in [1.82, 2.24) is 4.98 Å². The number of Topliss-reactive ketones (excluding diaryl/α,β-unsaturated/α-hetero) is 1. The molecular formula is C47H89NO5SSi3. The van der Waals surface area contributed by atoms with Gasteiger partial charge in [-0.2, -0.15) is 0 Å². The van der Waals surface area contributed by atoms with Crippen molar-refractivity contribution >= 4 is 54.4 Å². The van der Waals surface area contributed by atoms with Gasteiger partial charge in [0, 0.05) is 23.1 Å². The van der Waals surface area contributed by atoms with E-state index >= 15 is 4.79 Å². The second-order valence-corrected chi connectivity index (χ2v) is 37.6. The van der Waals surface area contributed by atoms with Gasteiger partial charge in [-0.3, -0.25) is 4.79 Å². The summed E-state index contributed by atoms with van der Waals surface area (Å²) in [5.74, 6) is 0.0634. The fourth-order valence-electron chi connectivity index (χ4n) is 6.52. The van der Waals surface area contributed by atoms with Gasteiger partial charge in [-0.25, -0.2) is 4.98 Å². The lowest BCUT2D eigenvalue weighted by atomic mass is 9.71. The third kappa shape index (κ3) is 15.8. The highest BCUT2D eigenvalue weighted by Gasteiger charge is 2.50. The summed E-state index contributed by atoms with van der Waals surface area (Å²) in [5, 5.41) is 3.27. The molecule has 1 aromatic heterocycles. The van der Waals surface area contributed by atoms with Crippen LogP contribution in [0, 0.1) is 24.2 Å². The molecule has 0 amide bonds. The molecule has 5 atom stereocenters. The van der Waals surface area contributed by atoms with E-state index in [1.54, 1.807) is 11.3 Å². The molecule has 0 N–H and O–H groups in total. The first kappa shape index (κ1) is 54.0. The second kappa shape index (κ2) is 21.2. The Bertz CT molecular complexity index is 1490. The van der Waals surface area contributed by atoms with Crippen LogP contribution in [0.2, 0.25) is 54.4 Å². The zero-order valence-corrected chi connectivity index (χ0v) is 44.9. The highest BCUT2D eigenvalue weighted by molar-refractivity contribution is 7.09. The number of hydrogen-bond donors (Lipinski definition) is 0. The number of aromatic nitrogens is 1. The fourth-order valence-corrected chi connectivity index (χ4v) is 11.3. The van der Waals surface area contributed by atoms with Crippen LogP contribution in [-0.4, -0.2) is 60.3 Å². The molecule has 0 aliphatic carbocycles. The van der Waals surface area contributed by atoms with Gasteiger partial charge in [0.25, 0.3) is 0 Å². The smallest absolute Gasteiger partial charge is 0.192 e. The molecule has 0 spiro atoms. The van der Waals surface area contributed by atoms with Gasteiger partial charge in [-0.05, 0) is 125 Å². The summed E-state index contributed by atoms with van der Waals surface area (Å²) in [6.07, 6.45) is 10.5. The van der Waals surface area contributed by atoms with Crippen LogP contribution >= 0.6 is 11.3 Å². The molecule has 6 nitrogen and oxygen atoms in total. The van der Waals surface area contributed by atoms with E-state index in [2.05, 4.69) is 154 Å². The van der Waals surface area contributed by atoms with Gasteiger partial charge in [0.05, 0.1) is 29.0 Å². The molecule has 330 valence electrons. The van der Waals surface area contributed by atoms with Gasteiger partial charge in [0.2, 0.25) is 0 Å². The van der Waals surface area contributed by atoms with E-state index in [0.717, 1.165) is 55.5 Å². The molecule has 0 saturated heterocycles. The molecule has 0 aromatic carbocycles. The third-order valence-electron chi connectivity index (χ3n) is 13.8. The normalized spacial score (nSPS) is 17.3. The van der Waals surface area contributed by atoms with E-state index in [4.69, 9.17) is 18.3 Å². The van der Waals surface area contributed by atoms with Gasteiger partial charge in [-0.15, -0.1) is 11.3 Å². The number of allylic oxidation sites excluding steroid dienone is 1. The molecule has 0 radical (unpaired) electrons. The lowest BCUT2D eigenvalue weighted by molar-refractivity contribution is -0.142. The Balaban J connectivity index is 3.46.